The molecule has 0 spiro atoms. The number of halogens is 2. The quantitative estimate of drug-likeness (QED) is 0.504. The van der Waals surface area contributed by atoms with Gasteiger partial charge in [-0.2, -0.15) is 0 Å². The van der Waals surface area contributed by atoms with Gasteiger partial charge in [0, 0.05) is 19.1 Å². The van der Waals surface area contributed by atoms with E-state index in [0.29, 0.717) is 13.0 Å². The van der Waals surface area contributed by atoms with Crippen LogP contribution in [0.15, 0.2) is 0 Å². The highest BCUT2D eigenvalue weighted by Gasteiger charge is 2.05. The average Bonchev–Trinajstić information content (AvgIpc) is 2.16. The zero-order chi connectivity index (χ0) is 10.8. The van der Waals surface area contributed by atoms with Gasteiger partial charge < -0.3 is 10.1 Å². The van der Waals surface area contributed by atoms with Gasteiger partial charge in [-0.05, 0) is 20.4 Å². The molecule has 0 bridgehead atoms. The van der Waals surface area contributed by atoms with Gasteiger partial charge in [-0.1, -0.05) is 0 Å². The lowest BCUT2D eigenvalue weighted by atomic mass is 10.1. The molecular weight excluding hydrogens is 188 g/mol. The maximum atomic E-state index is 11.7. The largest absolute Gasteiger partial charge is 0.375 e. The minimum absolute atomic E-state index is 0.222. The summed E-state index contributed by atoms with van der Waals surface area (Å²) in [6.45, 7) is 1.65. The lowest BCUT2D eigenvalue weighted by molar-refractivity contribution is 0.0147. The minimum Gasteiger partial charge on any atom is -0.375 e. The van der Waals surface area contributed by atoms with E-state index in [1.54, 1.807) is 6.92 Å². The summed E-state index contributed by atoms with van der Waals surface area (Å²) in [6.07, 6.45) is -0.943. The number of nitrogens with one attached hydrogen (secondary N) is 1. The fraction of sp³-hybridized carbons (Fsp3) is 0.800. The van der Waals surface area contributed by atoms with Crippen LogP contribution in [0, 0.1) is 11.8 Å². The van der Waals surface area contributed by atoms with Crippen LogP contribution in [0.3, 0.4) is 0 Å². The molecule has 0 aromatic carbocycles. The van der Waals surface area contributed by atoms with Gasteiger partial charge in [0.1, 0.15) is 6.61 Å². The van der Waals surface area contributed by atoms with E-state index in [9.17, 15) is 8.78 Å². The molecule has 0 aliphatic heterocycles. The van der Waals surface area contributed by atoms with Gasteiger partial charge in [-0.15, -0.1) is 11.8 Å². The van der Waals surface area contributed by atoms with Crippen molar-refractivity contribution in [1.82, 2.24) is 5.32 Å². The highest BCUT2D eigenvalue weighted by atomic mass is 19.3. The Morgan fingerprint density at radius 2 is 2.14 bits per heavy atom. The molecule has 0 amide bonds. The van der Waals surface area contributed by atoms with Crippen LogP contribution in [0.5, 0.6) is 0 Å². The van der Waals surface area contributed by atoms with Crippen molar-refractivity contribution in [3.05, 3.63) is 0 Å². The number of hydrogen-bond donors (Lipinski definition) is 1. The molecule has 1 N–H and O–H groups in total. The Labute approximate surface area is 84.0 Å². The highest BCUT2D eigenvalue weighted by molar-refractivity contribution is 4.97. The molecule has 0 radical (unpaired) electrons. The standard InChI is InChI=1S/C10H17F2NO/c1-3-4-5-9(13-2)6-7-14-8-10(11)12/h9-10,13H,5-8H2,1-2H3. The maximum Gasteiger partial charge on any atom is 0.261 e. The minimum atomic E-state index is -2.38. The van der Waals surface area contributed by atoms with E-state index in [-0.39, 0.29) is 6.04 Å². The Morgan fingerprint density at radius 3 is 2.64 bits per heavy atom. The van der Waals surface area contributed by atoms with Crippen molar-refractivity contribution in [2.75, 3.05) is 20.3 Å². The van der Waals surface area contributed by atoms with Crippen molar-refractivity contribution in [2.24, 2.45) is 0 Å². The van der Waals surface area contributed by atoms with Gasteiger partial charge in [-0.3, -0.25) is 0 Å². The van der Waals surface area contributed by atoms with Crippen molar-refractivity contribution in [3.8, 4) is 11.8 Å². The third-order valence-electron chi connectivity index (χ3n) is 1.79. The Kier molecular flexibility index (Phi) is 8.50. The number of rotatable bonds is 7. The number of hydrogen-bond acceptors (Lipinski definition) is 2. The Balaban J connectivity index is 3.45. The predicted octanol–water partition coefficient (Wildman–Crippen LogP) is 1.66. The summed E-state index contributed by atoms with van der Waals surface area (Å²) >= 11 is 0. The predicted molar refractivity (Wildman–Crippen MR) is 52.4 cm³/mol. The van der Waals surface area contributed by atoms with Gasteiger partial charge >= 0.3 is 0 Å². The first kappa shape index (κ1) is 13.3. The fourth-order valence-corrected chi connectivity index (χ4v) is 0.972. The molecule has 1 unspecified atom stereocenters. The van der Waals surface area contributed by atoms with Crippen LogP contribution in [-0.4, -0.2) is 32.7 Å². The molecule has 0 aliphatic rings. The average molecular weight is 205 g/mol. The molecule has 0 fully saturated rings. The zero-order valence-corrected chi connectivity index (χ0v) is 8.65. The molecule has 1 atom stereocenters. The molecule has 0 saturated carbocycles. The van der Waals surface area contributed by atoms with Crippen molar-refractivity contribution in [2.45, 2.75) is 32.2 Å². The van der Waals surface area contributed by atoms with Gasteiger partial charge in [0.2, 0.25) is 0 Å². The normalized spacial score (nSPS) is 12.4. The summed E-state index contributed by atoms with van der Waals surface area (Å²) in [5.41, 5.74) is 0. The SMILES string of the molecule is CC#CCC(CCOCC(F)F)NC. The molecule has 0 saturated heterocycles. The second kappa shape index (κ2) is 8.92. The smallest absolute Gasteiger partial charge is 0.261 e. The molecule has 0 rings (SSSR count). The molecule has 0 heterocycles. The van der Waals surface area contributed by atoms with Gasteiger partial charge in [0.15, 0.2) is 0 Å². The summed E-state index contributed by atoms with van der Waals surface area (Å²) in [5.74, 6) is 5.72. The van der Waals surface area contributed by atoms with Crippen molar-refractivity contribution in [1.29, 1.82) is 0 Å². The first-order chi connectivity index (χ1) is 6.70. The maximum absolute atomic E-state index is 11.7. The summed E-state index contributed by atoms with van der Waals surface area (Å²) in [7, 11) is 1.83. The number of ether oxygens (including phenoxy) is 1. The molecular formula is C10H17F2NO. The molecule has 4 heteroatoms. The van der Waals surface area contributed by atoms with Crippen LogP contribution in [0.25, 0.3) is 0 Å². The lowest BCUT2D eigenvalue weighted by Gasteiger charge is -2.12. The molecule has 0 aromatic rings. The van der Waals surface area contributed by atoms with E-state index in [0.717, 1.165) is 6.42 Å². The molecule has 0 aliphatic carbocycles. The van der Waals surface area contributed by atoms with Gasteiger partial charge in [-0.25, -0.2) is 8.78 Å². The first-order valence-corrected chi connectivity index (χ1v) is 4.63. The fourth-order valence-electron chi connectivity index (χ4n) is 0.972. The Hall–Kier alpha value is -0.660. The van der Waals surface area contributed by atoms with E-state index in [4.69, 9.17) is 4.74 Å². The second-order valence-corrected chi connectivity index (χ2v) is 2.87. The van der Waals surface area contributed by atoms with Crippen molar-refractivity contribution >= 4 is 0 Å². The molecule has 0 aromatic heterocycles. The van der Waals surface area contributed by atoms with Gasteiger partial charge in [0.05, 0.1) is 0 Å². The van der Waals surface area contributed by atoms with Crippen LogP contribution in [0.1, 0.15) is 19.8 Å². The summed E-state index contributed by atoms with van der Waals surface area (Å²) in [4.78, 5) is 0. The topological polar surface area (TPSA) is 21.3 Å². The summed E-state index contributed by atoms with van der Waals surface area (Å²) < 4.78 is 28.1. The van der Waals surface area contributed by atoms with E-state index in [2.05, 4.69) is 17.2 Å². The van der Waals surface area contributed by atoms with Crippen LogP contribution in [-0.2, 0) is 4.74 Å². The Bertz CT molecular complexity index is 186. The van der Waals surface area contributed by atoms with Crippen LogP contribution in [0.2, 0.25) is 0 Å². The van der Waals surface area contributed by atoms with Crippen LogP contribution < -0.4 is 5.32 Å². The summed E-state index contributed by atoms with van der Waals surface area (Å²) in [5, 5.41) is 3.05. The second-order valence-electron chi connectivity index (χ2n) is 2.87. The third-order valence-corrected chi connectivity index (χ3v) is 1.79. The third kappa shape index (κ3) is 7.96. The van der Waals surface area contributed by atoms with Crippen molar-refractivity contribution in [3.63, 3.8) is 0 Å². The molecule has 2 nitrogen and oxygen atoms in total. The van der Waals surface area contributed by atoms with Crippen LogP contribution in [0.4, 0.5) is 8.78 Å². The first-order valence-electron chi connectivity index (χ1n) is 4.63. The van der Waals surface area contributed by atoms with Crippen LogP contribution >= 0.6 is 0 Å². The zero-order valence-electron chi connectivity index (χ0n) is 8.65. The number of alkyl halides is 2. The highest BCUT2D eigenvalue weighted by Crippen LogP contribution is 1.99. The monoisotopic (exact) mass is 205 g/mol. The summed E-state index contributed by atoms with van der Waals surface area (Å²) in [6, 6.07) is 0.222. The van der Waals surface area contributed by atoms with Crippen molar-refractivity contribution < 1.29 is 13.5 Å². The van der Waals surface area contributed by atoms with Gasteiger partial charge in [0.25, 0.3) is 6.43 Å². The molecule has 82 valence electrons. The Morgan fingerprint density at radius 1 is 1.43 bits per heavy atom. The van der Waals surface area contributed by atoms with E-state index in [1.165, 1.54) is 0 Å². The van der Waals surface area contributed by atoms with E-state index < -0.39 is 13.0 Å². The molecule has 14 heavy (non-hydrogen) atoms. The van der Waals surface area contributed by atoms with E-state index in [1.807, 2.05) is 7.05 Å². The van der Waals surface area contributed by atoms with E-state index >= 15 is 0 Å². The lowest BCUT2D eigenvalue weighted by Crippen LogP contribution is -2.26.